The molecule has 0 saturated heterocycles. The van der Waals surface area contributed by atoms with Crippen LogP contribution in [0.1, 0.15) is 61.4 Å². The highest BCUT2D eigenvalue weighted by Gasteiger charge is 2.19. The minimum Gasteiger partial charge on any atom is -0.493 e. The molecular weight excluding hydrogens is 318 g/mol. The third-order valence-electron chi connectivity index (χ3n) is 4.18. The number of rotatable bonds is 7. The molecule has 0 bridgehead atoms. The maximum Gasteiger partial charge on any atom is 0.270 e. The summed E-state index contributed by atoms with van der Waals surface area (Å²) in [7, 11) is 3.19. The fourth-order valence-corrected chi connectivity index (χ4v) is 2.62. The van der Waals surface area contributed by atoms with Crippen LogP contribution >= 0.6 is 0 Å². The number of ether oxygens (including phenoxy) is 2. The predicted octanol–water partition coefficient (Wildman–Crippen LogP) is 3.53. The van der Waals surface area contributed by atoms with Crippen LogP contribution in [-0.2, 0) is 6.54 Å². The molecule has 1 atom stereocenters. The quantitative estimate of drug-likeness (QED) is 0.834. The number of nitrogens with zero attached hydrogens (tertiary/aromatic N) is 2. The van der Waals surface area contributed by atoms with E-state index in [2.05, 4.69) is 24.3 Å². The summed E-state index contributed by atoms with van der Waals surface area (Å²) < 4.78 is 12.3. The topological polar surface area (TPSA) is 65.4 Å². The van der Waals surface area contributed by atoms with Crippen molar-refractivity contribution in [2.45, 2.75) is 46.2 Å². The van der Waals surface area contributed by atoms with E-state index in [4.69, 9.17) is 9.47 Å². The van der Waals surface area contributed by atoms with Crippen molar-refractivity contribution in [2.75, 3.05) is 14.2 Å². The van der Waals surface area contributed by atoms with E-state index < -0.39 is 0 Å². The van der Waals surface area contributed by atoms with Crippen molar-refractivity contribution in [3.8, 4) is 11.5 Å². The van der Waals surface area contributed by atoms with E-state index in [0.29, 0.717) is 23.7 Å². The summed E-state index contributed by atoms with van der Waals surface area (Å²) in [6.07, 6.45) is 0. The Balaban J connectivity index is 2.20. The number of aromatic nitrogens is 2. The Labute approximate surface area is 149 Å². The Morgan fingerprint density at radius 3 is 2.40 bits per heavy atom. The first-order valence-electron chi connectivity index (χ1n) is 8.51. The zero-order valence-corrected chi connectivity index (χ0v) is 15.8. The van der Waals surface area contributed by atoms with Gasteiger partial charge in [-0.1, -0.05) is 19.9 Å². The summed E-state index contributed by atoms with van der Waals surface area (Å²) in [6.45, 7) is 8.70. The number of hydrogen-bond donors (Lipinski definition) is 1. The highest BCUT2D eigenvalue weighted by Crippen LogP contribution is 2.30. The summed E-state index contributed by atoms with van der Waals surface area (Å²) in [4.78, 5) is 12.7. The molecule has 0 radical (unpaired) electrons. The van der Waals surface area contributed by atoms with Crippen molar-refractivity contribution in [1.29, 1.82) is 0 Å². The lowest BCUT2D eigenvalue weighted by atomic mass is 10.1. The van der Waals surface area contributed by atoms with Gasteiger partial charge in [-0.2, -0.15) is 5.10 Å². The summed E-state index contributed by atoms with van der Waals surface area (Å²) in [5.41, 5.74) is 2.45. The molecule has 0 saturated carbocycles. The van der Waals surface area contributed by atoms with Gasteiger partial charge < -0.3 is 14.8 Å². The van der Waals surface area contributed by atoms with Crippen LogP contribution in [0, 0.1) is 0 Å². The normalized spacial score (nSPS) is 12.1. The fraction of sp³-hybridized carbons (Fsp3) is 0.474. The van der Waals surface area contributed by atoms with Crippen LogP contribution in [0.4, 0.5) is 0 Å². The molecule has 0 aliphatic rings. The molecule has 0 aliphatic heterocycles. The minimum absolute atomic E-state index is 0.136. The largest absolute Gasteiger partial charge is 0.493 e. The number of amides is 1. The highest BCUT2D eigenvalue weighted by atomic mass is 16.5. The number of benzene rings is 1. The first-order valence-corrected chi connectivity index (χ1v) is 8.51. The number of carbonyl (C=O) groups is 1. The Hall–Kier alpha value is -2.50. The molecule has 1 aromatic heterocycles. The predicted molar refractivity (Wildman–Crippen MR) is 97.4 cm³/mol. The van der Waals surface area contributed by atoms with Gasteiger partial charge in [0.15, 0.2) is 11.5 Å². The second kappa shape index (κ2) is 8.05. The maximum absolute atomic E-state index is 12.7. The zero-order valence-electron chi connectivity index (χ0n) is 15.8. The van der Waals surface area contributed by atoms with E-state index in [9.17, 15) is 4.79 Å². The summed E-state index contributed by atoms with van der Waals surface area (Å²) in [5.74, 6) is 1.45. The fourth-order valence-electron chi connectivity index (χ4n) is 2.62. The van der Waals surface area contributed by atoms with Gasteiger partial charge in [0.05, 0.1) is 26.0 Å². The first-order chi connectivity index (χ1) is 11.9. The SMILES string of the molecule is CCn1nc(C(C)C)cc1C(=O)N[C@H](C)c1ccc(OC)c(OC)c1. The van der Waals surface area contributed by atoms with E-state index in [-0.39, 0.29) is 17.9 Å². The van der Waals surface area contributed by atoms with Gasteiger partial charge in [0, 0.05) is 6.54 Å². The van der Waals surface area contributed by atoms with Crippen LogP contribution in [0.3, 0.4) is 0 Å². The van der Waals surface area contributed by atoms with Gasteiger partial charge in [0.2, 0.25) is 0 Å². The van der Waals surface area contributed by atoms with Crippen molar-refractivity contribution in [3.63, 3.8) is 0 Å². The second-order valence-electron chi connectivity index (χ2n) is 6.23. The Kier molecular flexibility index (Phi) is 6.07. The summed E-state index contributed by atoms with van der Waals surface area (Å²) in [6, 6.07) is 7.33. The number of nitrogens with one attached hydrogen (secondary N) is 1. The van der Waals surface area contributed by atoms with Crippen molar-refractivity contribution >= 4 is 5.91 Å². The Morgan fingerprint density at radius 1 is 1.16 bits per heavy atom. The minimum atomic E-state index is -0.171. The van der Waals surface area contributed by atoms with Crippen molar-refractivity contribution < 1.29 is 14.3 Å². The van der Waals surface area contributed by atoms with Crippen molar-refractivity contribution in [2.24, 2.45) is 0 Å². The van der Waals surface area contributed by atoms with E-state index >= 15 is 0 Å². The molecule has 0 unspecified atom stereocenters. The molecule has 0 fully saturated rings. The molecule has 136 valence electrons. The van der Waals surface area contributed by atoms with Gasteiger partial charge in [-0.25, -0.2) is 0 Å². The maximum atomic E-state index is 12.7. The lowest BCUT2D eigenvalue weighted by Gasteiger charge is -2.16. The van der Waals surface area contributed by atoms with Crippen LogP contribution in [0.15, 0.2) is 24.3 Å². The molecule has 2 rings (SSSR count). The van der Waals surface area contributed by atoms with Crippen LogP contribution in [-0.4, -0.2) is 29.9 Å². The van der Waals surface area contributed by atoms with Crippen LogP contribution in [0.25, 0.3) is 0 Å². The van der Waals surface area contributed by atoms with Crippen molar-refractivity contribution in [1.82, 2.24) is 15.1 Å². The van der Waals surface area contributed by atoms with Crippen LogP contribution < -0.4 is 14.8 Å². The molecule has 1 heterocycles. The van der Waals surface area contributed by atoms with Gasteiger partial charge in [-0.3, -0.25) is 9.48 Å². The van der Waals surface area contributed by atoms with E-state index in [0.717, 1.165) is 11.3 Å². The lowest BCUT2D eigenvalue weighted by Crippen LogP contribution is -2.28. The van der Waals surface area contributed by atoms with E-state index in [1.54, 1.807) is 18.9 Å². The summed E-state index contributed by atoms with van der Waals surface area (Å²) >= 11 is 0. The van der Waals surface area contributed by atoms with Gasteiger partial charge in [-0.15, -0.1) is 0 Å². The highest BCUT2D eigenvalue weighted by molar-refractivity contribution is 5.93. The first kappa shape index (κ1) is 18.8. The number of methoxy groups -OCH3 is 2. The Bertz CT molecular complexity index is 738. The molecule has 1 amide bonds. The van der Waals surface area contributed by atoms with Gasteiger partial charge >= 0.3 is 0 Å². The van der Waals surface area contributed by atoms with Crippen LogP contribution in [0.5, 0.6) is 11.5 Å². The molecule has 6 nitrogen and oxygen atoms in total. The van der Waals surface area contributed by atoms with E-state index in [1.807, 2.05) is 38.1 Å². The second-order valence-corrected chi connectivity index (χ2v) is 6.23. The van der Waals surface area contributed by atoms with Gasteiger partial charge in [0.25, 0.3) is 5.91 Å². The molecule has 2 aromatic rings. The van der Waals surface area contributed by atoms with Gasteiger partial charge in [-0.05, 0) is 43.5 Å². The standard InChI is InChI=1S/C19H27N3O3/c1-7-22-16(11-15(21-22)12(2)3)19(23)20-13(4)14-8-9-17(24-5)18(10-14)25-6/h8-13H,7H2,1-6H3,(H,20,23)/t13-/m1/s1. The molecule has 1 N–H and O–H groups in total. The number of aryl methyl sites for hydroxylation is 1. The molecule has 6 heteroatoms. The molecule has 1 aromatic carbocycles. The molecule has 0 aliphatic carbocycles. The monoisotopic (exact) mass is 345 g/mol. The smallest absolute Gasteiger partial charge is 0.270 e. The molecular formula is C19H27N3O3. The average molecular weight is 345 g/mol. The third kappa shape index (κ3) is 4.13. The van der Waals surface area contributed by atoms with Gasteiger partial charge in [0.1, 0.15) is 5.69 Å². The summed E-state index contributed by atoms with van der Waals surface area (Å²) in [5, 5.41) is 7.53. The lowest BCUT2D eigenvalue weighted by molar-refractivity contribution is 0.0929. The number of carbonyl (C=O) groups excluding carboxylic acids is 1. The average Bonchev–Trinajstić information content (AvgIpc) is 3.05. The number of hydrogen-bond acceptors (Lipinski definition) is 4. The van der Waals surface area contributed by atoms with Crippen LogP contribution in [0.2, 0.25) is 0 Å². The zero-order chi connectivity index (χ0) is 18.6. The van der Waals surface area contributed by atoms with Crippen molar-refractivity contribution in [3.05, 3.63) is 41.2 Å². The Morgan fingerprint density at radius 2 is 1.84 bits per heavy atom. The van der Waals surface area contributed by atoms with E-state index in [1.165, 1.54) is 0 Å². The molecule has 25 heavy (non-hydrogen) atoms. The third-order valence-corrected chi connectivity index (χ3v) is 4.18. The molecule has 0 spiro atoms.